The normalized spacial score (nSPS) is 13.3. The Hall–Kier alpha value is -3.08. The minimum absolute atomic E-state index is 0.0899. The van der Waals surface area contributed by atoms with Gasteiger partial charge >= 0.3 is 0 Å². The summed E-state index contributed by atoms with van der Waals surface area (Å²) in [5.41, 5.74) is 4.26. The highest BCUT2D eigenvalue weighted by Gasteiger charge is 2.12. The van der Waals surface area contributed by atoms with E-state index in [2.05, 4.69) is 17.2 Å². The fourth-order valence-electron chi connectivity index (χ4n) is 3.34. The van der Waals surface area contributed by atoms with Crippen molar-refractivity contribution in [1.29, 1.82) is 0 Å². The molecule has 0 N–H and O–H groups in total. The van der Waals surface area contributed by atoms with E-state index < -0.39 is 0 Å². The number of furan rings is 1. The van der Waals surface area contributed by atoms with E-state index in [-0.39, 0.29) is 5.78 Å². The molecule has 0 saturated heterocycles. The molecule has 3 aromatic rings. The Morgan fingerprint density at radius 1 is 1.26 bits per heavy atom. The average molecular weight is 362 g/mol. The molecule has 4 rings (SSSR count). The highest BCUT2D eigenvalue weighted by Crippen LogP contribution is 2.26. The topological polar surface area (TPSA) is 57.3 Å². The summed E-state index contributed by atoms with van der Waals surface area (Å²) in [5, 5.41) is 4.09. The lowest BCUT2D eigenvalue weighted by molar-refractivity contribution is 0.104. The van der Waals surface area contributed by atoms with E-state index in [4.69, 9.17) is 9.15 Å². The number of hydrogen-bond acceptors (Lipinski definition) is 4. The molecule has 5 heteroatoms. The van der Waals surface area contributed by atoms with Crippen LogP contribution >= 0.6 is 0 Å². The number of rotatable bonds is 6. The molecule has 5 nitrogen and oxygen atoms in total. The summed E-state index contributed by atoms with van der Waals surface area (Å²) in [4.78, 5) is 12.3. The zero-order valence-electron chi connectivity index (χ0n) is 15.6. The summed E-state index contributed by atoms with van der Waals surface area (Å²) in [6.45, 7) is 2.23. The van der Waals surface area contributed by atoms with Crippen molar-refractivity contribution in [3.8, 4) is 5.75 Å². The summed E-state index contributed by atoms with van der Waals surface area (Å²) >= 11 is 0. The molecule has 1 aliphatic rings. The highest BCUT2D eigenvalue weighted by atomic mass is 16.5. The van der Waals surface area contributed by atoms with Crippen molar-refractivity contribution in [1.82, 2.24) is 9.78 Å². The number of aromatic nitrogens is 2. The third-order valence-corrected chi connectivity index (χ3v) is 5.03. The van der Waals surface area contributed by atoms with Crippen LogP contribution in [0.4, 0.5) is 0 Å². The molecule has 2 heterocycles. The van der Waals surface area contributed by atoms with E-state index in [1.54, 1.807) is 17.0 Å². The first-order valence-corrected chi connectivity index (χ1v) is 9.14. The maximum absolute atomic E-state index is 12.3. The summed E-state index contributed by atoms with van der Waals surface area (Å²) in [6, 6.07) is 10.00. The van der Waals surface area contributed by atoms with Gasteiger partial charge in [0.2, 0.25) is 0 Å². The molecule has 0 spiro atoms. The SMILES string of the molecule is Cc1c(C(=O)C=Cc2ccc(COc3ccc4c(c3)CCC4)o2)cnn1C. The zero-order valence-corrected chi connectivity index (χ0v) is 15.6. The third-order valence-electron chi connectivity index (χ3n) is 5.03. The van der Waals surface area contributed by atoms with Gasteiger partial charge in [-0.2, -0.15) is 5.10 Å². The van der Waals surface area contributed by atoms with Gasteiger partial charge in [0.1, 0.15) is 23.9 Å². The second-order valence-corrected chi connectivity index (χ2v) is 6.84. The van der Waals surface area contributed by atoms with Crippen LogP contribution in [0, 0.1) is 6.92 Å². The Kier molecular flexibility index (Phi) is 4.67. The van der Waals surface area contributed by atoms with E-state index in [1.807, 2.05) is 32.2 Å². The van der Waals surface area contributed by atoms with Gasteiger partial charge in [0.25, 0.3) is 0 Å². The minimum Gasteiger partial charge on any atom is -0.486 e. The number of carbonyl (C=O) groups is 1. The first-order valence-electron chi connectivity index (χ1n) is 9.14. The smallest absolute Gasteiger partial charge is 0.189 e. The van der Waals surface area contributed by atoms with E-state index >= 15 is 0 Å². The second kappa shape index (κ2) is 7.27. The largest absolute Gasteiger partial charge is 0.486 e. The molecule has 0 aliphatic heterocycles. The Bertz CT molecular complexity index is 1010. The molecule has 0 fully saturated rings. The number of benzene rings is 1. The molecule has 0 unspecified atom stereocenters. The fraction of sp³-hybridized carbons (Fsp3) is 0.273. The number of carbonyl (C=O) groups excluding carboxylic acids is 1. The van der Waals surface area contributed by atoms with Gasteiger partial charge in [-0.3, -0.25) is 9.48 Å². The number of hydrogen-bond donors (Lipinski definition) is 0. The van der Waals surface area contributed by atoms with Gasteiger partial charge in [-0.05, 0) is 73.7 Å². The van der Waals surface area contributed by atoms with Crippen LogP contribution in [-0.2, 0) is 26.5 Å². The first-order chi connectivity index (χ1) is 13.1. The number of fused-ring (bicyclic) bond motifs is 1. The van der Waals surface area contributed by atoms with Gasteiger partial charge in [-0.1, -0.05) is 6.07 Å². The van der Waals surface area contributed by atoms with Gasteiger partial charge in [0, 0.05) is 12.7 Å². The highest BCUT2D eigenvalue weighted by molar-refractivity contribution is 6.07. The molecule has 0 atom stereocenters. The number of nitrogens with zero attached hydrogens (tertiary/aromatic N) is 2. The minimum atomic E-state index is -0.0899. The number of aryl methyl sites for hydroxylation is 3. The van der Waals surface area contributed by atoms with Gasteiger partial charge < -0.3 is 9.15 Å². The predicted octanol–water partition coefficient (Wildman–Crippen LogP) is 4.29. The lowest BCUT2D eigenvalue weighted by Crippen LogP contribution is -1.98. The molecule has 138 valence electrons. The Morgan fingerprint density at radius 3 is 2.93 bits per heavy atom. The maximum atomic E-state index is 12.3. The van der Waals surface area contributed by atoms with Crippen molar-refractivity contribution < 1.29 is 13.9 Å². The van der Waals surface area contributed by atoms with Crippen molar-refractivity contribution in [3.05, 3.63) is 76.5 Å². The van der Waals surface area contributed by atoms with Gasteiger partial charge in [-0.15, -0.1) is 0 Å². The maximum Gasteiger partial charge on any atom is 0.189 e. The summed E-state index contributed by atoms with van der Waals surface area (Å²) in [5.74, 6) is 2.12. The van der Waals surface area contributed by atoms with Crippen molar-refractivity contribution in [3.63, 3.8) is 0 Å². The molecular formula is C22H22N2O3. The molecule has 0 amide bonds. The molecule has 0 bridgehead atoms. The molecule has 0 saturated carbocycles. The van der Waals surface area contributed by atoms with Crippen molar-refractivity contribution in [2.75, 3.05) is 0 Å². The number of ether oxygens (including phenoxy) is 1. The molecule has 27 heavy (non-hydrogen) atoms. The molecule has 0 radical (unpaired) electrons. The van der Waals surface area contributed by atoms with Crippen molar-refractivity contribution in [2.24, 2.45) is 7.05 Å². The third kappa shape index (κ3) is 3.72. The number of allylic oxidation sites excluding steroid dienone is 1. The standard InChI is InChI=1S/C22H22N2O3/c1-15-21(13-23-24(15)2)22(25)11-10-18-8-9-20(27-18)14-26-19-7-6-16-4-3-5-17(16)12-19/h6-13H,3-5,14H2,1-2H3. The van der Waals surface area contributed by atoms with Crippen LogP contribution < -0.4 is 4.74 Å². The first kappa shape index (κ1) is 17.3. The summed E-state index contributed by atoms with van der Waals surface area (Å²) in [7, 11) is 1.82. The van der Waals surface area contributed by atoms with Crippen LogP contribution in [0.25, 0.3) is 6.08 Å². The van der Waals surface area contributed by atoms with Crippen LogP contribution in [0.2, 0.25) is 0 Å². The van der Waals surface area contributed by atoms with Crippen LogP contribution in [0.1, 0.15) is 45.1 Å². The van der Waals surface area contributed by atoms with Crippen LogP contribution in [-0.4, -0.2) is 15.6 Å². The summed E-state index contributed by atoms with van der Waals surface area (Å²) < 4.78 is 13.3. The quantitative estimate of drug-likeness (QED) is 0.485. The van der Waals surface area contributed by atoms with Crippen molar-refractivity contribution >= 4 is 11.9 Å². The Labute approximate surface area is 158 Å². The van der Waals surface area contributed by atoms with Crippen LogP contribution in [0.15, 0.2) is 47.0 Å². The lowest BCUT2D eigenvalue weighted by Gasteiger charge is -2.06. The molecule has 2 aromatic heterocycles. The Balaban J connectivity index is 1.37. The summed E-state index contributed by atoms with van der Waals surface area (Å²) in [6.07, 6.45) is 8.29. The zero-order chi connectivity index (χ0) is 18.8. The van der Waals surface area contributed by atoms with Crippen molar-refractivity contribution in [2.45, 2.75) is 32.8 Å². The van der Waals surface area contributed by atoms with E-state index in [9.17, 15) is 4.79 Å². The molecule has 1 aromatic carbocycles. The van der Waals surface area contributed by atoms with E-state index in [0.717, 1.165) is 23.6 Å². The lowest BCUT2D eigenvalue weighted by atomic mass is 10.1. The fourth-order valence-corrected chi connectivity index (χ4v) is 3.34. The van der Waals surface area contributed by atoms with E-state index in [1.165, 1.54) is 30.0 Å². The van der Waals surface area contributed by atoms with Gasteiger partial charge in [-0.25, -0.2) is 0 Å². The van der Waals surface area contributed by atoms with Crippen LogP contribution in [0.5, 0.6) is 5.75 Å². The van der Waals surface area contributed by atoms with Crippen LogP contribution in [0.3, 0.4) is 0 Å². The second-order valence-electron chi connectivity index (χ2n) is 6.84. The molecular weight excluding hydrogens is 340 g/mol. The van der Waals surface area contributed by atoms with Gasteiger partial charge in [0.15, 0.2) is 5.78 Å². The van der Waals surface area contributed by atoms with E-state index in [0.29, 0.717) is 17.9 Å². The monoisotopic (exact) mass is 362 g/mol. The average Bonchev–Trinajstić information content (AvgIpc) is 3.39. The Morgan fingerprint density at radius 2 is 2.11 bits per heavy atom. The van der Waals surface area contributed by atoms with Gasteiger partial charge in [0.05, 0.1) is 11.8 Å². The number of ketones is 1. The predicted molar refractivity (Wildman–Crippen MR) is 103 cm³/mol. The molecule has 1 aliphatic carbocycles.